The summed E-state index contributed by atoms with van der Waals surface area (Å²) in [5.74, 6) is -6.12. The molecule has 9 atom stereocenters. The maximum Gasteiger partial charge on any atom is 0.338 e. The number of esters is 6. The van der Waals surface area contributed by atoms with Gasteiger partial charge in [0.05, 0.1) is 17.1 Å². The molecular formula is C32H40O13. The maximum atomic E-state index is 13.8. The van der Waals surface area contributed by atoms with Gasteiger partial charge in [0.15, 0.2) is 12.2 Å². The molecule has 2 saturated carbocycles. The number of carbonyl (C=O) groups excluding carboxylic acids is 6. The lowest BCUT2D eigenvalue weighted by atomic mass is 9.47. The molecule has 0 unspecified atom stereocenters. The van der Waals surface area contributed by atoms with E-state index in [1.165, 1.54) is 26.0 Å². The SMILES string of the molecule is CC(=O)OC[C@]12[C@H](OC(=O)c3ccccc3)[C@@H](OC(C)=O)[C@@H]3[C@@H](OC(C)=O)[C@]1(OC3(C)C)[C@H](C)C[C@H](OC(C)=O)[C@@H]2OC(C)=O. The van der Waals surface area contributed by atoms with Crippen LogP contribution in [0.1, 0.15) is 72.2 Å². The monoisotopic (exact) mass is 632 g/mol. The molecular weight excluding hydrogens is 592 g/mol. The molecule has 1 aliphatic heterocycles. The number of benzene rings is 1. The van der Waals surface area contributed by atoms with Crippen molar-refractivity contribution in [3.8, 4) is 0 Å². The molecule has 1 spiro atoms. The van der Waals surface area contributed by atoms with Crippen molar-refractivity contribution in [2.24, 2.45) is 17.3 Å². The molecule has 13 heteroatoms. The second-order valence-corrected chi connectivity index (χ2v) is 12.5. The van der Waals surface area contributed by atoms with Crippen LogP contribution in [0, 0.1) is 17.3 Å². The highest BCUT2D eigenvalue weighted by molar-refractivity contribution is 5.89. The van der Waals surface area contributed by atoms with Gasteiger partial charge in [0.1, 0.15) is 35.9 Å². The smallest absolute Gasteiger partial charge is 0.338 e. The Labute approximate surface area is 261 Å². The molecule has 2 aliphatic carbocycles. The highest BCUT2D eigenvalue weighted by atomic mass is 16.6. The molecule has 2 bridgehead atoms. The lowest BCUT2D eigenvalue weighted by Gasteiger charge is -2.64. The van der Waals surface area contributed by atoms with E-state index < -0.39 is 101 Å². The molecule has 0 radical (unpaired) electrons. The van der Waals surface area contributed by atoms with Crippen molar-refractivity contribution in [2.75, 3.05) is 6.61 Å². The normalized spacial score (nSPS) is 34.4. The Balaban J connectivity index is 2.13. The molecule has 45 heavy (non-hydrogen) atoms. The van der Waals surface area contributed by atoms with E-state index in [0.29, 0.717) is 0 Å². The fraction of sp³-hybridized carbons (Fsp3) is 0.625. The van der Waals surface area contributed by atoms with Gasteiger partial charge >= 0.3 is 35.8 Å². The van der Waals surface area contributed by atoms with Crippen LogP contribution in [0.5, 0.6) is 0 Å². The molecule has 0 N–H and O–H groups in total. The summed E-state index contributed by atoms with van der Waals surface area (Å²) < 4.78 is 42.5. The number of fused-ring (bicyclic) bond motifs is 1. The fourth-order valence-electron chi connectivity index (χ4n) is 7.80. The molecule has 1 aromatic rings. The van der Waals surface area contributed by atoms with Gasteiger partial charge in [-0.1, -0.05) is 25.1 Å². The summed E-state index contributed by atoms with van der Waals surface area (Å²) >= 11 is 0. The summed E-state index contributed by atoms with van der Waals surface area (Å²) in [5.41, 5.74) is -4.73. The molecule has 0 amide bonds. The third kappa shape index (κ3) is 5.89. The van der Waals surface area contributed by atoms with Gasteiger partial charge in [-0.15, -0.1) is 0 Å². The van der Waals surface area contributed by atoms with E-state index in [9.17, 15) is 28.8 Å². The van der Waals surface area contributed by atoms with Crippen molar-refractivity contribution < 1.29 is 61.9 Å². The van der Waals surface area contributed by atoms with E-state index in [1.54, 1.807) is 39.0 Å². The van der Waals surface area contributed by atoms with Gasteiger partial charge in [-0.25, -0.2) is 4.79 Å². The second-order valence-electron chi connectivity index (χ2n) is 12.5. The third-order valence-electron chi connectivity index (χ3n) is 9.00. The minimum Gasteiger partial charge on any atom is -0.465 e. The predicted octanol–water partition coefficient (Wildman–Crippen LogP) is 2.71. The summed E-state index contributed by atoms with van der Waals surface area (Å²) in [4.78, 5) is 77.0. The Kier molecular flexibility index (Phi) is 9.35. The molecule has 13 nitrogen and oxygen atoms in total. The Morgan fingerprint density at radius 1 is 0.733 bits per heavy atom. The average molecular weight is 633 g/mol. The van der Waals surface area contributed by atoms with Crippen LogP contribution in [0.2, 0.25) is 0 Å². The molecule has 3 aliphatic rings. The minimum absolute atomic E-state index is 0.0531. The predicted molar refractivity (Wildman–Crippen MR) is 152 cm³/mol. The Bertz CT molecular complexity index is 1360. The zero-order valence-corrected chi connectivity index (χ0v) is 26.6. The van der Waals surface area contributed by atoms with E-state index in [0.717, 1.165) is 20.8 Å². The van der Waals surface area contributed by atoms with Gasteiger partial charge in [0, 0.05) is 34.6 Å². The van der Waals surface area contributed by atoms with Crippen LogP contribution in [0.15, 0.2) is 30.3 Å². The second kappa shape index (κ2) is 12.4. The van der Waals surface area contributed by atoms with Crippen LogP contribution in [0.3, 0.4) is 0 Å². The minimum atomic E-state index is -1.96. The quantitative estimate of drug-likeness (QED) is 0.303. The first-order chi connectivity index (χ1) is 21.0. The lowest BCUT2D eigenvalue weighted by molar-refractivity contribution is -0.329. The number of hydrogen-bond acceptors (Lipinski definition) is 13. The molecule has 1 saturated heterocycles. The summed E-state index contributed by atoms with van der Waals surface area (Å²) in [6.45, 7) is 10.4. The van der Waals surface area contributed by atoms with Crippen molar-refractivity contribution in [1.82, 2.24) is 0 Å². The van der Waals surface area contributed by atoms with Crippen LogP contribution in [-0.2, 0) is 57.1 Å². The van der Waals surface area contributed by atoms with Crippen LogP contribution in [0.4, 0.5) is 0 Å². The highest BCUT2D eigenvalue weighted by Gasteiger charge is 2.85. The molecule has 1 aromatic carbocycles. The Morgan fingerprint density at radius 3 is 1.82 bits per heavy atom. The summed E-state index contributed by atoms with van der Waals surface area (Å²) in [6.07, 6.45) is -6.74. The van der Waals surface area contributed by atoms with Gasteiger partial charge in [0.2, 0.25) is 0 Å². The van der Waals surface area contributed by atoms with Gasteiger partial charge in [-0.05, 0) is 38.3 Å². The molecule has 246 valence electrons. The first-order valence-electron chi connectivity index (χ1n) is 14.8. The first-order valence-corrected chi connectivity index (χ1v) is 14.8. The standard InChI is InChI=1S/C32H40O13/c1-16-14-23(40-18(3)34)26(42-20(5)36)31(15-39-17(2)33)28(44-29(38)22-12-10-9-11-13-22)25(41-19(4)35)24-27(43-21(6)37)32(16,31)45-30(24,7)8/h9-13,16,23-28H,14-15H2,1-8H3/t16-,23+,24-,25+,26+,27-,28-,31+,32-/m1/s1. The number of carbonyl (C=O) groups is 6. The number of ether oxygens (including phenoxy) is 7. The van der Waals surface area contributed by atoms with Gasteiger partial charge < -0.3 is 33.2 Å². The fourth-order valence-corrected chi connectivity index (χ4v) is 7.80. The average Bonchev–Trinajstić information content (AvgIpc) is 3.11. The lowest BCUT2D eigenvalue weighted by Crippen LogP contribution is -2.81. The van der Waals surface area contributed by atoms with Crippen LogP contribution in [-0.4, -0.2) is 84.1 Å². The van der Waals surface area contributed by atoms with Crippen LogP contribution in [0.25, 0.3) is 0 Å². The highest BCUT2D eigenvalue weighted by Crippen LogP contribution is 2.68. The summed E-state index contributed by atoms with van der Waals surface area (Å²) in [6, 6.07) is 8.01. The van der Waals surface area contributed by atoms with Crippen LogP contribution >= 0.6 is 0 Å². The largest absolute Gasteiger partial charge is 0.465 e. The molecule has 0 aromatic heterocycles. The molecule has 4 rings (SSSR count). The third-order valence-corrected chi connectivity index (χ3v) is 9.00. The van der Waals surface area contributed by atoms with Crippen molar-refractivity contribution in [1.29, 1.82) is 0 Å². The van der Waals surface area contributed by atoms with Crippen molar-refractivity contribution >= 4 is 35.8 Å². The molecule has 3 fully saturated rings. The van der Waals surface area contributed by atoms with E-state index in [1.807, 2.05) is 0 Å². The van der Waals surface area contributed by atoms with Crippen molar-refractivity contribution in [3.63, 3.8) is 0 Å². The van der Waals surface area contributed by atoms with Gasteiger partial charge in [-0.2, -0.15) is 0 Å². The summed E-state index contributed by atoms with van der Waals surface area (Å²) in [5, 5.41) is 0. The zero-order valence-electron chi connectivity index (χ0n) is 26.6. The van der Waals surface area contributed by atoms with E-state index in [-0.39, 0.29) is 12.0 Å². The van der Waals surface area contributed by atoms with E-state index in [4.69, 9.17) is 33.2 Å². The Hall–Kier alpha value is -4.00. The van der Waals surface area contributed by atoms with E-state index in [2.05, 4.69) is 0 Å². The van der Waals surface area contributed by atoms with Gasteiger partial charge in [-0.3, -0.25) is 24.0 Å². The Morgan fingerprint density at radius 2 is 1.29 bits per heavy atom. The summed E-state index contributed by atoms with van der Waals surface area (Å²) in [7, 11) is 0. The van der Waals surface area contributed by atoms with Gasteiger partial charge in [0.25, 0.3) is 0 Å². The maximum absolute atomic E-state index is 13.8. The zero-order chi connectivity index (χ0) is 33.5. The number of hydrogen-bond donors (Lipinski definition) is 0. The molecule has 1 heterocycles. The van der Waals surface area contributed by atoms with Crippen LogP contribution < -0.4 is 0 Å². The number of rotatable bonds is 8. The van der Waals surface area contributed by atoms with Crippen molar-refractivity contribution in [3.05, 3.63) is 35.9 Å². The van der Waals surface area contributed by atoms with Crippen molar-refractivity contribution in [2.45, 2.75) is 104 Å². The van der Waals surface area contributed by atoms with E-state index >= 15 is 0 Å². The first kappa shape index (κ1) is 33.9. The topological polar surface area (TPSA) is 167 Å².